The van der Waals surface area contributed by atoms with Gasteiger partial charge in [-0.15, -0.1) is 12.4 Å². The lowest BCUT2D eigenvalue weighted by atomic mass is 10.0. The number of benzene rings is 1. The number of hydrogen-bond acceptors (Lipinski definition) is 3. The number of nitrogens with zero attached hydrogens (tertiary/aromatic N) is 2. The van der Waals surface area contributed by atoms with Crippen molar-refractivity contribution in [1.82, 2.24) is 4.98 Å². The highest BCUT2D eigenvalue weighted by atomic mass is 35.5. The Balaban J connectivity index is 0.00000200. The number of non-ortho nitro benzene ring substituents is 1. The standard InChI is InChI=1S/C15H14N2O2.ClH/c1-2-13(14-6-8-16-9-7-14)10-12-4-3-5-15(11-12)17(18)19;/h3-11H,2H2,1H3;1H. The summed E-state index contributed by atoms with van der Waals surface area (Å²) in [4.78, 5) is 14.4. The maximum Gasteiger partial charge on any atom is 0.270 e. The Labute approximate surface area is 123 Å². The van der Waals surface area contributed by atoms with Crippen molar-refractivity contribution in [2.45, 2.75) is 13.3 Å². The molecule has 0 aliphatic carbocycles. The Morgan fingerprint density at radius 2 is 2.00 bits per heavy atom. The summed E-state index contributed by atoms with van der Waals surface area (Å²) >= 11 is 0. The largest absolute Gasteiger partial charge is 0.270 e. The molecule has 0 amide bonds. The molecule has 5 heteroatoms. The van der Waals surface area contributed by atoms with Gasteiger partial charge in [0.2, 0.25) is 0 Å². The maximum absolute atomic E-state index is 10.8. The zero-order valence-corrected chi connectivity index (χ0v) is 11.8. The topological polar surface area (TPSA) is 56.0 Å². The molecule has 4 nitrogen and oxygen atoms in total. The molecule has 0 N–H and O–H groups in total. The molecule has 0 spiro atoms. The Bertz CT molecular complexity index is 612. The molecule has 0 atom stereocenters. The molecule has 20 heavy (non-hydrogen) atoms. The van der Waals surface area contributed by atoms with Crippen molar-refractivity contribution in [3.63, 3.8) is 0 Å². The summed E-state index contributed by atoms with van der Waals surface area (Å²) in [6, 6.07) is 10.5. The van der Waals surface area contributed by atoms with Crippen LogP contribution in [0.4, 0.5) is 5.69 Å². The molecule has 1 heterocycles. The Kier molecular flexibility index (Phi) is 5.87. The SMILES string of the molecule is CCC(=Cc1cccc([N+](=O)[O-])c1)c1ccncc1.Cl. The zero-order valence-electron chi connectivity index (χ0n) is 11.0. The fraction of sp³-hybridized carbons (Fsp3) is 0.133. The van der Waals surface area contributed by atoms with Gasteiger partial charge in [-0.1, -0.05) is 25.1 Å². The van der Waals surface area contributed by atoms with Gasteiger partial charge in [0, 0.05) is 24.5 Å². The smallest absolute Gasteiger partial charge is 0.265 e. The minimum atomic E-state index is -0.380. The molecule has 0 saturated carbocycles. The fourth-order valence-corrected chi connectivity index (χ4v) is 1.88. The molecule has 1 aromatic carbocycles. The molecule has 1 aromatic heterocycles. The van der Waals surface area contributed by atoms with Gasteiger partial charge < -0.3 is 0 Å². The lowest BCUT2D eigenvalue weighted by molar-refractivity contribution is -0.384. The van der Waals surface area contributed by atoms with E-state index in [1.54, 1.807) is 24.5 Å². The van der Waals surface area contributed by atoms with E-state index in [-0.39, 0.29) is 23.0 Å². The van der Waals surface area contributed by atoms with Crippen LogP contribution in [-0.4, -0.2) is 9.91 Å². The van der Waals surface area contributed by atoms with Gasteiger partial charge in [0.05, 0.1) is 4.92 Å². The molecule has 0 fully saturated rings. The number of nitro groups is 1. The number of nitro benzene ring substituents is 1. The molecule has 2 rings (SSSR count). The quantitative estimate of drug-likeness (QED) is 0.621. The number of hydrogen-bond donors (Lipinski definition) is 0. The molecule has 104 valence electrons. The van der Waals surface area contributed by atoms with E-state index < -0.39 is 0 Å². The zero-order chi connectivity index (χ0) is 13.7. The number of halogens is 1. The van der Waals surface area contributed by atoms with Crippen LogP contribution in [0.25, 0.3) is 11.6 Å². The normalized spacial score (nSPS) is 10.8. The average Bonchev–Trinajstić information content (AvgIpc) is 2.46. The first-order valence-corrected chi connectivity index (χ1v) is 6.06. The molecule has 0 bridgehead atoms. The summed E-state index contributed by atoms with van der Waals surface area (Å²) in [5.41, 5.74) is 3.16. The van der Waals surface area contributed by atoms with Gasteiger partial charge in [0.25, 0.3) is 5.69 Å². The Morgan fingerprint density at radius 3 is 2.60 bits per heavy atom. The van der Waals surface area contributed by atoms with Crippen LogP contribution in [0, 0.1) is 10.1 Å². The summed E-state index contributed by atoms with van der Waals surface area (Å²) in [5, 5.41) is 10.8. The van der Waals surface area contributed by atoms with Crippen molar-refractivity contribution in [3.8, 4) is 0 Å². The molecular weight excluding hydrogens is 276 g/mol. The van der Waals surface area contributed by atoms with E-state index in [1.807, 2.05) is 24.3 Å². The van der Waals surface area contributed by atoms with Crippen LogP contribution in [0.15, 0.2) is 48.8 Å². The summed E-state index contributed by atoms with van der Waals surface area (Å²) in [6.07, 6.45) is 6.31. The Hall–Kier alpha value is -2.20. The minimum Gasteiger partial charge on any atom is -0.265 e. The van der Waals surface area contributed by atoms with Gasteiger partial charge >= 0.3 is 0 Å². The Morgan fingerprint density at radius 1 is 1.30 bits per heavy atom. The third-order valence-corrected chi connectivity index (χ3v) is 2.85. The van der Waals surface area contributed by atoms with Crippen molar-refractivity contribution in [2.24, 2.45) is 0 Å². The second-order valence-electron chi connectivity index (χ2n) is 4.11. The molecule has 0 unspecified atom stereocenters. The van der Waals surface area contributed by atoms with E-state index in [2.05, 4.69) is 11.9 Å². The van der Waals surface area contributed by atoms with Gasteiger partial charge in [-0.2, -0.15) is 0 Å². The van der Waals surface area contributed by atoms with E-state index in [4.69, 9.17) is 0 Å². The van der Waals surface area contributed by atoms with E-state index in [1.165, 1.54) is 6.07 Å². The lowest BCUT2D eigenvalue weighted by Gasteiger charge is -2.04. The highest BCUT2D eigenvalue weighted by Crippen LogP contribution is 2.22. The van der Waals surface area contributed by atoms with E-state index in [0.29, 0.717) is 0 Å². The first kappa shape index (κ1) is 15.9. The lowest BCUT2D eigenvalue weighted by Crippen LogP contribution is -1.88. The third-order valence-electron chi connectivity index (χ3n) is 2.85. The fourth-order valence-electron chi connectivity index (χ4n) is 1.88. The number of allylic oxidation sites excluding steroid dienone is 1. The third kappa shape index (κ3) is 3.90. The van der Waals surface area contributed by atoms with Crippen LogP contribution < -0.4 is 0 Å². The first-order chi connectivity index (χ1) is 9.20. The summed E-state index contributed by atoms with van der Waals surface area (Å²) in [7, 11) is 0. The predicted octanol–water partition coefficient (Wildman–Crippen LogP) is 4.36. The van der Waals surface area contributed by atoms with Crippen LogP contribution in [0.3, 0.4) is 0 Å². The van der Waals surface area contributed by atoms with E-state index in [0.717, 1.165) is 23.1 Å². The summed E-state index contributed by atoms with van der Waals surface area (Å²) in [6.45, 7) is 2.06. The van der Waals surface area contributed by atoms with E-state index in [9.17, 15) is 10.1 Å². The highest BCUT2D eigenvalue weighted by molar-refractivity contribution is 5.85. The molecule has 0 aliphatic heterocycles. The van der Waals surface area contributed by atoms with Crippen LogP contribution >= 0.6 is 12.4 Å². The van der Waals surface area contributed by atoms with Crippen molar-refractivity contribution in [3.05, 3.63) is 70.0 Å². The second-order valence-corrected chi connectivity index (χ2v) is 4.11. The minimum absolute atomic E-state index is 0. The molecular formula is C15H15ClN2O2. The maximum atomic E-state index is 10.8. The molecule has 2 aromatic rings. The number of aromatic nitrogens is 1. The predicted molar refractivity (Wildman–Crippen MR) is 82.7 cm³/mol. The van der Waals surface area contributed by atoms with Crippen LogP contribution in [0.1, 0.15) is 24.5 Å². The van der Waals surface area contributed by atoms with Gasteiger partial charge in [0.1, 0.15) is 0 Å². The van der Waals surface area contributed by atoms with Gasteiger partial charge in [0.15, 0.2) is 0 Å². The summed E-state index contributed by atoms with van der Waals surface area (Å²) in [5.74, 6) is 0. The van der Waals surface area contributed by atoms with Crippen LogP contribution in [0.2, 0.25) is 0 Å². The van der Waals surface area contributed by atoms with Crippen molar-refractivity contribution >= 4 is 29.7 Å². The van der Waals surface area contributed by atoms with Crippen molar-refractivity contribution in [1.29, 1.82) is 0 Å². The molecule has 0 aliphatic rings. The van der Waals surface area contributed by atoms with Crippen molar-refractivity contribution < 1.29 is 4.92 Å². The molecule has 0 saturated heterocycles. The number of pyridine rings is 1. The van der Waals surface area contributed by atoms with Gasteiger partial charge in [-0.05, 0) is 35.3 Å². The van der Waals surface area contributed by atoms with Gasteiger partial charge in [-0.3, -0.25) is 15.1 Å². The number of rotatable bonds is 4. The van der Waals surface area contributed by atoms with Crippen LogP contribution in [0.5, 0.6) is 0 Å². The average molecular weight is 291 g/mol. The van der Waals surface area contributed by atoms with Crippen molar-refractivity contribution in [2.75, 3.05) is 0 Å². The first-order valence-electron chi connectivity index (χ1n) is 6.06. The van der Waals surface area contributed by atoms with Gasteiger partial charge in [-0.25, -0.2) is 0 Å². The highest BCUT2D eigenvalue weighted by Gasteiger charge is 2.05. The van der Waals surface area contributed by atoms with Crippen LogP contribution in [-0.2, 0) is 0 Å². The monoisotopic (exact) mass is 290 g/mol. The second kappa shape index (κ2) is 7.40. The molecule has 0 radical (unpaired) electrons. The summed E-state index contributed by atoms with van der Waals surface area (Å²) < 4.78 is 0. The van der Waals surface area contributed by atoms with E-state index >= 15 is 0 Å².